The molecule has 6 aromatic rings. The summed E-state index contributed by atoms with van der Waals surface area (Å²) < 4.78 is 2.15. The van der Waals surface area contributed by atoms with Gasteiger partial charge < -0.3 is 4.90 Å². The summed E-state index contributed by atoms with van der Waals surface area (Å²) in [6.45, 7) is 3.26. The zero-order valence-corrected chi connectivity index (χ0v) is 26.2. The standard InChI is InChI=1S/C36H33N5OS2/c1-27-13-11-12-20-32(27)41-33(23-29-16-7-3-8-17-29)38-39-36(41)44-26-34-37-31(25-43-34)35(42)40(24-30-18-9-4-10-19-30)22-21-28-14-5-2-6-15-28/h2-20,25H,21-24,26H2,1H3. The number of thiazole rings is 1. The molecule has 0 aliphatic rings. The lowest BCUT2D eigenvalue weighted by molar-refractivity contribution is 0.0740. The quantitative estimate of drug-likeness (QED) is 0.132. The van der Waals surface area contributed by atoms with Gasteiger partial charge >= 0.3 is 0 Å². The van der Waals surface area contributed by atoms with Crippen molar-refractivity contribution in [3.63, 3.8) is 0 Å². The van der Waals surface area contributed by atoms with Gasteiger partial charge in [-0.05, 0) is 41.7 Å². The van der Waals surface area contributed by atoms with Crippen molar-refractivity contribution >= 4 is 29.0 Å². The minimum Gasteiger partial charge on any atom is -0.333 e. The summed E-state index contributed by atoms with van der Waals surface area (Å²) in [5.41, 5.74) is 6.19. The van der Waals surface area contributed by atoms with Gasteiger partial charge in [-0.2, -0.15) is 0 Å². The van der Waals surface area contributed by atoms with Crippen molar-refractivity contribution in [1.82, 2.24) is 24.6 Å². The van der Waals surface area contributed by atoms with Crippen LogP contribution in [0.2, 0.25) is 0 Å². The van der Waals surface area contributed by atoms with E-state index in [1.54, 1.807) is 11.8 Å². The van der Waals surface area contributed by atoms with Crippen molar-refractivity contribution in [3.8, 4) is 5.69 Å². The molecule has 0 aliphatic carbocycles. The highest BCUT2D eigenvalue weighted by molar-refractivity contribution is 7.98. The van der Waals surface area contributed by atoms with Gasteiger partial charge in [-0.15, -0.1) is 21.5 Å². The number of thioether (sulfide) groups is 1. The first kappa shape index (κ1) is 29.5. The van der Waals surface area contributed by atoms with Gasteiger partial charge in [-0.1, -0.05) is 121 Å². The summed E-state index contributed by atoms with van der Waals surface area (Å²) in [6.07, 6.45) is 1.46. The summed E-state index contributed by atoms with van der Waals surface area (Å²) in [4.78, 5) is 20.4. The lowest BCUT2D eigenvalue weighted by Crippen LogP contribution is -2.32. The van der Waals surface area contributed by atoms with Gasteiger partial charge in [0.15, 0.2) is 5.16 Å². The summed E-state index contributed by atoms with van der Waals surface area (Å²) in [5.74, 6) is 1.43. The molecule has 1 amide bonds. The molecule has 8 heteroatoms. The third-order valence-corrected chi connectivity index (χ3v) is 9.35. The van der Waals surface area contributed by atoms with E-state index in [0.29, 0.717) is 31.0 Å². The number of carbonyl (C=O) groups excluding carboxylic acids is 1. The number of aromatic nitrogens is 4. The van der Waals surface area contributed by atoms with Crippen molar-refractivity contribution in [2.45, 2.75) is 37.2 Å². The molecule has 0 aliphatic heterocycles. The van der Waals surface area contributed by atoms with Gasteiger partial charge in [0.2, 0.25) is 0 Å². The molecule has 0 radical (unpaired) electrons. The average Bonchev–Trinajstić information content (AvgIpc) is 3.70. The van der Waals surface area contributed by atoms with Crippen molar-refractivity contribution in [1.29, 1.82) is 0 Å². The van der Waals surface area contributed by atoms with Gasteiger partial charge in [-0.3, -0.25) is 9.36 Å². The fraction of sp³-hybridized carbons (Fsp3) is 0.167. The van der Waals surface area contributed by atoms with Crippen LogP contribution in [-0.4, -0.2) is 37.1 Å². The molecule has 0 saturated heterocycles. The van der Waals surface area contributed by atoms with E-state index in [1.165, 1.54) is 22.5 Å². The van der Waals surface area contributed by atoms with Crippen molar-refractivity contribution < 1.29 is 4.79 Å². The van der Waals surface area contributed by atoms with E-state index in [-0.39, 0.29) is 5.91 Å². The van der Waals surface area contributed by atoms with Crippen molar-refractivity contribution in [3.05, 3.63) is 159 Å². The lowest BCUT2D eigenvalue weighted by Gasteiger charge is -2.22. The Morgan fingerprint density at radius 1 is 0.795 bits per heavy atom. The van der Waals surface area contributed by atoms with E-state index in [1.807, 2.05) is 77.0 Å². The number of rotatable bonds is 12. The fourth-order valence-electron chi connectivity index (χ4n) is 5.07. The molecular weight excluding hydrogens is 583 g/mol. The minimum atomic E-state index is -0.0505. The van der Waals surface area contributed by atoms with Gasteiger partial charge in [0, 0.05) is 24.9 Å². The number of hydrogen-bond donors (Lipinski definition) is 0. The van der Waals surface area contributed by atoms with E-state index in [0.717, 1.165) is 39.2 Å². The smallest absolute Gasteiger partial charge is 0.273 e. The molecule has 0 bridgehead atoms. The molecule has 2 heterocycles. The van der Waals surface area contributed by atoms with Gasteiger partial charge in [0.1, 0.15) is 16.5 Å². The van der Waals surface area contributed by atoms with Crippen LogP contribution in [0.3, 0.4) is 0 Å². The maximum Gasteiger partial charge on any atom is 0.273 e. The van der Waals surface area contributed by atoms with E-state index in [4.69, 9.17) is 4.98 Å². The molecule has 6 nitrogen and oxygen atoms in total. The number of carbonyl (C=O) groups is 1. The largest absolute Gasteiger partial charge is 0.333 e. The predicted molar refractivity (Wildman–Crippen MR) is 178 cm³/mol. The Balaban J connectivity index is 1.19. The maximum absolute atomic E-state index is 13.7. The molecule has 0 unspecified atom stereocenters. The van der Waals surface area contributed by atoms with Gasteiger partial charge in [0.05, 0.1) is 11.4 Å². The number of hydrogen-bond acceptors (Lipinski definition) is 6. The Morgan fingerprint density at radius 3 is 2.14 bits per heavy atom. The Kier molecular flexibility index (Phi) is 9.60. The summed E-state index contributed by atoms with van der Waals surface area (Å²) in [5, 5.41) is 12.8. The van der Waals surface area contributed by atoms with Gasteiger partial charge in [-0.25, -0.2) is 4.98 Å². The summed E-state index contributed by atoms with van der Waals surface area (Å²) in [6, 6.07) is 39.0. The van der Waals surface area contributed by atoms with Crippen LogP contribution in [0.15, 0.2) is 126 Å². The number of amides is 1. The third kappa shape index (κ3) is 7.33. The van der Waals surface area contributed by atoms with E-state index >= 15 is 0 Å². The number of nitrogens with zero attached hydrogens (tertiary/aromatic N) is 5. The highest BCUT2D eigenvalue weighted by Gasteiger charge is 2.21. The van der Waals surface area contributed by atoms with Crippen LogP contribution in [0, 0.1) is 6.92 Å². The number of benzene rings is 4. The molecule has 0 atom stereocenters. The SMILES string of the molecule is Cc1ccccc1-n1c(Cc2ccccc2)nnc1SCc1nc(C(=O)N(CCc2ccccc2)Cc2ccccc2)cs1. The first-order valence-corrected chi connectivity index (χ1v) is 16.5. The Morgan fingerprint density at radius 2 is 1.43 bits per heavy atom. The second-order valence-corrected chi connectivity index (χ2v) is 12.4. The Hall–Kier alpha value is -4.53. The van der Waals surface area contributed by atoms with Crippen LogP contribution in [0.4, 0.5) is 0 Å². The molecule has 0 saturated carbocycles. The second-order valence-electron chi connectivity index (χ2n) is 10.5. The molecule has 0 spiro atoms. The topological polar surface area (TPSA) is 63.9 Å². The molecule has 0 fully saturated rings. The Bertz CT molecular complexity index is 1800. The minimum absolute atomic E-state index is 0.0505. The van der Waals surface area contributed by atoms with E-state index < -0.39 is 0 Å². The van der Waals surface area contributed by atoms with Gasteiger partial charge in [0.25, 0.3) is 5.91 Å². The molecule has 0 N–H and O–H groups in total. The molecule has 4 aromatic carbocycles. The molecule has 6 rings (SSSR count). The van der Waals surface area contributed by atoms with Crippen LogP contribution in [0.1, 0.15) is 43.6 Å². The van der Waals surface area contributed by atoms with Crippen LogP contribution < -0.4 is 0 Å². The first-order valence-electron chi connectivity index (χ1n) is 14.6. The van der Waals surface area contributed by atoms with Crippen LogP contribution in [-0.2, 0) is 25.1 Å². The lowest BCUT2D eigenvalue weighted by atomic mass is 10.1. The molecular formula is C36H33N5OS2. The monoisotopic (exact) mass is 615 g/mol. The molecule has 44 heavy (non-hydrogen) atoms. The van der Waals surface area contributed by atoms with Crippen LogP contribution >= 0.6 is 23.1 Å². The van der Waals surface area contributed by atoms with Crippen LogP contribution in [0.5, 0.6) is 0 Å². The third-order valence-electron chi connectivity index (χ3n) is 7.37. The summed E-state index contributed by atoms with van der Waals surface area (Å²) in [7, 11) is 0. The van der Waals surface area contributed by atoms with E-state index in [2.05, 4.69) is 70.2 Å². The zero-order valence-electron chi connectivity index (χ0n) is 24.5. The average molecular weight is 616 g/mol. The Labute approximate surface area is 266 Å². The highest BCUT2D eigenvalue weighted by atomic mass is 32.2. The zero-order chi connectivity index (χ0) is 30.1. The van der Waals surface area contributed by atoms with Crippen molar-refractivity contribution in [2.24, 2.45) is 0 Å². The number of para-hydroxylation sites is 1. The molecule has 2 aromatic heterocycles. The van der Waals surface area contributed by atoms with Crippen molar-refractivity contribution in [2.75, 3.05) is 6.54 Å². The van der Waals surface area contributed by atoms with Crippen LogP contribution in [0.25, 0.3) is 5.69 Å². The summed E-state index contributed by atoms with van der Waals surface area (Å²) >= 11 is 3.10. The van der Waals surface area contributed by atoms with E-state index in [9.17, 15) is 4.79 Å². The maximum atomic E-state index is 13.7. The first-order chi connectivity index (χ1) is 21.6. The number of aryl methyl sites for hydroxylation is 1. The second kappa shape index (κ2) is 14.3. The fourth-order valence-corrected chi connectivity index (χ4v) is 6.82. The highest BCUT2D eigenvalue weighted by Crippen LogP contribution is 2.29. The molecule has 220 valence electrons. The predicted octanol–water partition coefficient (Wildman–Crippen LogP) is 7.80. The normalized spacial score (nSPS) is 11.0.